The zero-order valence-electron chi connectivity index (χ0n) is 9.40. The molecule has 2 rings (SSSR count). The van der Waals surface area contributed by atoms with E-state index in [0.717, 1.165) is 22.0 Å². The summed E-state index contributed by atoms with van der Waals surface area (Å²) in [6, 6.07) is 9.94. The number of aromatic nitrogens is 1. The molecule has 0 aliphatic rings. The smallest absolute Gasteiger partial charge is 0.118 e. The molecule has 0 unspecified atom stereocenters. The highest BCUT2D eigenvalue weighted by atomic mass is 32.1. The van der Waals surface area contributed by atoms with Gasteiger partial charge in [0.25, 0.3) is 0 Å². The molecule has 0 fully saturated rings. The van der Waals surface area contributed by atoms with Gasteiger partial charge in [0, 0.05) is 10.6 Å². The molecule has 0 saturated heterocycles. The van der Waals surface area contributed by atoms with E-state index in [-0.39, 0.29) is 0 Å². The first kappa shape index (κ1) is 10.9. The second-order valence-electron chi connectivity index (χ2n) is 3.66. The standard InChI is InChI=1S/C13H14N2S/c1-9-10(2)16-13(15-9)8-12(14)11-6-4-3-5-7-11/h3-8H,14H2,1-2H3/b12-8-. The molecule has 0 aliphatic heterocycles. The summed E-state index contributed by atoms with van der Waals surface area (Å²) < 4.78 is 0. The van der Waals surface area contributed by atoms with Crippen molar-refractivity contribution in [2.45, 2.75) is 13.8 Å². The average Bonchev–Trinajstić information content (AvgIpc) is 2.59. The fourth-order valence-electron chi connectivity index (χ4n) is 1.41. The topological polar surface area (TPSA) is 38.9 Å². The number of thiazole rings is 1. The largest absolute Gasteiger partial charge is 0.398 e. The molecule has 2 N–H and O–H groups in total. The van der Waals surface area contributed by atoms with E-state index in [1.807, 2.05) is 43.3 Å². The van der Waals surface area contributed by atoms with Gasteiger partial charge in [-0.05, 0) is 25.5 Å². The van der Waals surface area contributed by atoms with E-state index in [1.165, 1.54) is 4.88 Å². The van der Waals surface area contributed by atoms with Gasteiger partial charge in [0.2, 0.25) is 0 Å². The van der Waals surface area contributed by atoms with Gasteiger partial charge in [-0.15, -0.1) is 11.3 Å². The van der Waals surface area contributed by atoms with Crippen molar-refractivity contribution in [3.63, 3.8) is 0 Å². The summed E-state index contributed by atoms with van der Waals surface area (Å²) in [4.78, 5) is 5.68. The molecule has 82 valence electrons. The Kier molecular flexibility index (Phi) is 3.06. The van der Waals surface area contributed by atoms with Crippen molar-refractivity contribution in [2.24, 2.45) is 5.73 Å². The molecule has 0 atom stereocenters. The number of nitrogens with zero attached hydrogens (tertiary/aromatic N) is 1. The minimum atomic E-state index is 0.759. The molecule has 0 aliphatic carbocycles. The molecule has 3 heteroatoms. The zero-order valence-corrected chi connectivity index (χ0v) is 10.2. The van der Waals surface area contributed by atoms with Gasteiger partial charge in [-0.25, -0.2) is 4.98 Å². The predicted octanol–water partition coefficient (Wildman–Crippen LogP) is 3.22. The fraction of sp³-hybridized carbons (Fsp3) is 0.154. The Morgan fingerprint density at radius 1 is 1.25 bits per heavy atom. The van der Waals surface area contributed by atoms with E-state index in [9.17, 15) is 0 Å². The van der Waals surface area contributed by atoms with Gasteiger partial charge < -0.3 is 5.73 Å². The summed E-state index contributed by atoms with van der Waals surface area (Å²) in [6.07, 6.45) is 1.93. The van der Waals surface area contributed by atoms with E-state index in [2.05, 4.69) is 11.9 Å². The lowest BCUT2D eigenvalue weighted by Crippen LogP contribution is -1.95. The highest BCUT2D eigenvalue weighted by molar-refractivity contribution is 7.12. The monoisotopic (exact) mass is 230 g/mol. The third kappa shape index (κ3) is 2.31. The van der Waals surface area contributed by atoms with Crippen LogP contribution in [0.3, 0.4) is 0 Å². The number of benzene rings is 1. The normalized spacial score (nSPS) is 11.8. The molecule has 1 heterocycles. The molecule has 0 saturated carbocycles. The summed E-state index contributed by atoms with van der Waals surface area (Å²) >= 11 is 1.67. The van der Waals surface area contributed by atoms with Crippen LogP contribution in [-0.2, 0) is 0 Å². The van der Waals surface area contributed by atoms with Crippen LogP contribution in [0.25, 0.3) is 11.8 Å². The highest BCUT2D eigenvalue weighted by Gasteiger charge is 2.02. The number of rotatable bonds is 2. The SMILES string of the molecule is Cc1nc(/C=C(\N)c2ccccc2)sc1C. The van der Waals surface area contributed by atoms with Crippen molar-refractivity contribution in [2.75, 3.05) is 0 Å². The summed E-state index contributed by atoms with van der Waals surface area (Å²) in [5.74, 6) is 0. The van der Waals surface area contributed by atoms with Crippen molar-refractivity contribution in [3.8, 4) is 0 Å². The Hall–Kier alpha value is -1.61. The third-order valence-electron chi connectivity index (χ3n) is 2.43. The van der Waals surface area contributed by atoms with Crippen molar-refractivity contribution in [1.29, 1.82) is 0 Å². The maximum Gasteiger partial charge on any atom is 0.118 e. The van der Waals surface area contributed by atoms with Gasteiger partial charge in [-0.1, -0.05) is 30.3 Å². The molecule has 2 aromatic rings. The molecule has 1 aromatic heterocycles. The lowest BCUT2D eigenvalue weighted by molar-refractivity contribution is 1.22. The Bertz CT molecular complexity index is 492. The summed E-state index contributed by atoms with van der Waals surface area (Å²) in [7, 11) is 0. The lowest BCUT2D eigenvalue weighted by Gasteiger charge is -1.99. The molecule has 0 radical (unpaired) electrons. The van der Waals surface area contributed by atoms with Crippen LogP contribution in [0.2, 0.25) is 0 Å². The Morgan fingerprint density at radius 2 is 1.94 bits per heavy atom. The quantitative estimate of drug-likeness (QED) is 0.860. The Balaban J connectivity index is 2.31. The van der Waals surface area contributed by atoms with E-state index < -0.39 is 0 Å². The van der Waals surface area contributed by atoms with E-state index in [0.29, 0.717) is 0 Å². The van der Waals surface area contributed by atoms with Gasteiger partial charge in [0.05, 0.1) is 5.69 Å². The second-order valence-corrected chi connectivity index (χ2v) is 4.89. The number of aryl methyl sites for hydroxylation is 2. The maximum atomic E-state index is 6.01. The fourth-order valence-corrected chi connectivity index (χ4v) is 2.28. The molecule has 0 bridgehead atoms. The van der Waals surface area contributed by atoms with Crippen LogP contribution in [0.1, 0.15) is 21.1 Å². The van der Waals surface area contributed by atoms with Crippen molar-refractivity contribution in [1.82, 2.24) is 4.98 Å². The number of hydrogen-bond acceptors (Lipinski definition) is 3. The van der Waals surface area contributed by atoms with Gasteiger partial charge in [-0.3, -0.25) is 0 Å². The van der Waals surface area contributed by atoms with Gasteiger partial charge in [-0.2, -0.15) is 0 Å². The molecule has 1 aromatic carbocycles. The van der Waals surface area contributed by atoms with Crippen LogP contribution < -0.4 is 5.73 Å². The lowest BCUT2D eigenvalue weighted by atomic mass is 10.1. The average molecular weight is 230 g/mol. The van der Waals surface area contributed by atoms with Gasteiger partial charge >= 0.3 is 0 Å². The van der Waals surface area contributed by atoms with Crippen LogP contribution in [0.4, 0.5) is 0 Å². The summed E-state index contributed by atoms with van der Waals surface area (Å²) in [5, 5.41) is 0.969. The van der Waals surface area contributed by atoms with Gasteiger partial charge in [0.1, 0.15) is 5.01 Å². The molecule has 2 nitrogen and oxygen atoms in total. The molecule has 0 amide bonds. The van der Waals surface area contributed by atoms with Crippen LogP contribution in [0, 0.1) is 13.8 Å². The molecular weight excluding hydrogens is 216 g/mol. The van der Waals surface area contributed by atoms with E-state index in [4.69, 9.17) is 5.73 Å². The highest BCUT2D eigenvalue weighted by Crippen LogP contribution is 2.20. The van der Waals surface area contributed by atoms with E-state index in [1.54, 1.807) is 11.3 Å². The minimum Gasteiger partial charge on any atom is -0.398 e. The maximum absolute atomic E-state index is 6.01. The van der Waals surface area contributed by atoms with Gasteiger partial charge in [0.15, 0.2) is 0 Å². The summed E-state index contributed by atoms with van der Waals surface area (Å²) in [6.45, 7) is 4.09. The number of nitrogens with two attached hydrogens (primary N) is 1. The van der Waals surface area contributed by atoms with Crippen molar-refractivity contribution in [3.05, 3.63) is 51.5 Å². The first-order valence-corrected chi connectivity index (χ1v) is 5.95. The van der Waals surface area contributed by atoms with Crippen LogP contribution >= 0.6 is 11.3 Å². The molecule has 0 spiro atoms. The predicted molar refractivity (Wildman–Crippen MR) is 70.1 cm³/mol. The third-order valence-corrected chi connectivity index (χ3v) is 3.45. The van der Waals surface area contributed by atoms with Crippen molar-refractivity contribution < 1.29 is 0 Å². The Morgan fingerprint density at radius 3 is 2.50 bits per heavy atom. The summed E-state index contributed by atoms with van der Waals surface area (Å²) in [5.41, 5.74) is 8.89. The molecular formula is C13H14N2S. The van der Waals surface area contributed by atoms with Crippen LogP contribution in [0.15, 0.2) is 30.3 Å². The van der Waals surface area contributed by atoms with Crippen LogP contribution in [-0.4, -0.2) is 4.98 Å². The first-order chi connectivity index (χ1) is 7.66. The zero-order chi connectivity index (χ0) is 11.5. The van der Waals surface area contributed by atoms with Crippen molar-refractivity contribution >= 4 is 23.1 Å². The van der Waals surface area contributed by atoms with E-state index >= 15 is 0 Å². The number of hydrogen-bond donors (Lipinski definition) is 1. The minimum absolute atomic E-state index is 0.759. The second kappa shape index (κ2) is 4.49. The molecule has 16 heavy (non-hydrogen) atoms. The van der Waals surface area contributed by atoms with Crippen LogP contribution in [0.5, 0.6) is 0 Å². The Labute approximate surface area is 99.5 Å². The first-order valence-electron chi connectivity index (χ1n) is 5.13.